The standard InChI is InChI=1S/C24H21Cl2N3O2/c25-18-8-10-20(11-9-18)31-15-14-29-22-7-2-1-6-21(22)28-23(29)12-13-27-24(30)17-4-3-5-19(26)16-17/h1-11,16H,12-15H2,(H,27,30). The zero-order valence-corrected chi connectivity index (χ0v) is 18.2. The van der Waals surface area contributed by atoms with Gasteiger partial charge in [0.15, 0.2) is 0 Å². The molecule has 1 N–H and O–H groups in total. The van der Waals surface area contributed by atoms with Crippen molar-refractivity contribution in [3.05, 3.63) is 94.2 Å². The zero-order valence-electron chi connectivity index (χ0n) is 16.7. The first kappa shape index (κ1) is 21.2. The van der Waals surface area contributed by atoms with Crippen molar-refractivity contribution in [3.8, 4) is 5.75 Å². The van der Waals surface area contributed by atoms with Crippen LogP contribution in [0.5, 0.6) is 5.75 Å². The third kappa shape index (κ3) is 5.37. The van der Waals surface area contributed by atoms with Crippen LogP contribution in [0.1, 0.15) is 16.2 Å². The number of carbonyl (C=O) groups is 1. The van der Waals surface area contributed by atoms with E-state index in [2.05, 4.69) is 9.88 Å². The lowest BCUT2D eigenvalue weighted by atomic mass is 10.2. The molecule has 0 aliphatic rings. The maximum Gasteiger partial charge on any atom is 0.251 e. The molecule has 1 amide bonds. The number of aromatic nitrogens is 2. The average molecular weight is 454 g/mol. The molecule has 0 saturated heterocycles. The Morgan fingerprint density at radius 3 is 2.58 bits per heavy atom. The van der Waals surface area contributed by atoms with Gasteiger partial charge in [-0.2, -0.15) is 0 Å². The van der Waals surface area contributed by atoms with Crippen LogP contribution in [-0.4, -0.2) is 28.6 Å². The van der Waals surface area contributed by atoms with Crippen LogP contribution in [0.25, 0.3) is 11.0 Å². The summed E-state index contributed by atoms with van der Waals surface area (Å²) in [6, 6.07) is 22.2. The molecule has 7 heteroatoms. The highest BCUT2D eigenvalue weighted by Gasteiger charge is 2.12. The van der Waals surface area contributed by atoms with Crippen LogP contribution in [-0.2, 0) is 13.0 Å². The Labute approximate surface area is 190 Å². The second kappa shape index (κ2) is 9.86. The van der Waals surface area contributed by atoms with Gasteiger partial charge in [0, 0.05) is 28.6 Å². The molecule has 0 fully saturated rings. The molecule has 0 unspecified atom stereocenters. The van der Waals surface area contributed by atoms with E-state index < -0.39 is 0 Å². The summed E-state index contributed by atoms with van der Waals surface area (Å²) in [6.45, 7) is 1.59. The van der Waals surface area contributed by atoms with E-state index in [-0.39, 0.29) is 5.91 Å². The van der Waals surface area contributed by atoms with Crippen LogP contribution >= 0.6 is 23.2 Å². The number of ether oxygens (including phenoxy) is 1. The molecule has 0 atom stereocenters. The van der Waals surface area contributed by atoms with Crippen molar-refractivity contribution in [1.82, 2.24) is 14.9 Å². The van der Waals surface area contributed by atoms with Crippen LogP contribution in [0.3, 0.4) is 0 Å². The maximum absolute atomic E-state index is 12.4. The van der Waals surface area contributed by atoms with Crippen LogP contribution in [0.15, 0.2) is 72.8 Å². The van der Waals surface area contributed by atoms with Gasteiger partial charge in [-0.05, 0) is 54.6 Å². The predicted molar refractivity (Wildman–Crippen MR) is 124 cm³/mol. The number of nitrogens with one attached hydrogen (secondary N) is 1. The fraction of sp³-hybridized carbons (Fsp3) is 0.167. The molecule has 0 spiro atoms. The molecule has 1 heterocycles. The first-order valence-corrected chi connectivity index (χ1v) is 10.7. The normalized spacial score (nSPS) is 10.9. The lowest BCUT2D eigenvalue weighted by molar-refractivity contribution is 0.0954. The third-order valence-corrected chi connectivity index (χ3v) is 5.34. The molecular formula is C24H21Cl2N3O2. The Balaban J connectivity index is 1.42. The third-order valence-electron chi connectivity index (χ3n) is 4.85. The van der Waals surface area contributed by atoms with E-state index in [0.717, 1.165) is 22.6 Å². The summed E-state index contributed by atoms with van der Waals surface area (Å²) in [5.41, 5.74) is 2.50. The Hall–Kier alpha value is -3.02. The van der Waals surface area contributed by atoms with Gasteiger partial charge < -0.3 is 14.6 Å². The summed E-state index contributed by atoms with van der Waals surface area (Å²) in [5, 5.41) is 4.15. The van der Waals surface area contributed by atoms with Crippen molar-refractivity contribution in [2.45, 2.75) is 13.0 Å². The van der Waals surface area contributed by atoms with Gasteiger partial charge >= 0.3 is 0 Å². The van der Waals surface area contributed by atoms with Crippen LogP contribution < -0.4 is 10.1 Å². The minimum absolute atomic E-state index is 0.156. The van der Waals surface area contributed by atoms with Gasteiger partial charge in [0.2, 0.25) is 0 Å². The number of para-hydroxylation sites is 2. The van der Waals surface area contributed by atoms with Crippen molar-refractivity contribution < 1.29 is 9.53 Å². The zero-order chi connectivity index (χ0) is 21.6. The molecule has 5 nitrogen and oxygen atoms in total. The van der Waals surface area contributed by atoms with Crippen molar-refractivity contribution in [3.63, 3.8) is 0 Å². The second-order valence-corrected chi connectivity index (χ2v) is 7.86. The molecule has 4 aromatic rings. The Bertz CT molecular complexity index is 1190. The highest BCUT2D eigenvalue weighted by molar-refractivity contribution is 6.31. The van der Waals surface area contributed by atoms with Crippen molar-refractivity contribution >= 4 is 40.1 Å². The number of carbonyl (C=O) groups excluding carboxylic acids is 1. The number of halogens is 2. The smallest absolute Gasteiger partial charge is 0.251 e. The summed E-state index contributed by atoms with van der Waals surface area (Å²) < 4.78 is 8.00. The van der Waals surface area contributed by atoms with Gasteiger partial charge in [-0.15, -0.1) is 0 Å². The van der Waals surface area contributed by atoms with Gasteiger partial charge in [0.05, 0.1) is 17.6 Å². The highest BCUT2D eigenvalue weighted by atomic mass is 35.5. The van der Waals surface area contributed by atoms with E-state index in [1.807, 2.05) is 36.4 Å². The second-order valence-electron chi connectivity index (χ2n) is 6.99. The molecule has 158 valence electrons. The molecule has 0 aliphatic heterocycles. The first-order valence-electron chi connectivity index (χ1n) is 9.96. The van der Waals surface area contributed by atoms with Gasteiger partial charge in [-0.1, -0.05) is 41.4 Å². The van der Waals surface area contributed by atoms with Crippen LogP contribution in [0, 0.1) is 0 Å². The molecule has 0 aliphatic carbocycles. The topological polar surface area (TPSA) is 56.2 Å². The highest BCUT2D eigenvalue weighted by Crippen LogP contribution is 2.18. The number of rotatable bonds is 8. The minimum Gasteiger partial charge on any atom is -0.492 e. The van der Waals surface area contributed by atoms with E-state index in [1.165, 1.54) is 0 Å². The summed E-state index contributed by atoms with van der Waals surface area (Å²) in [4.78, 5) is 17.1. The SMILES string of the molecule is O=C(NCCc1nc2ccccc2n1CCOc1ccc(Cl)cc1)c1cccc(Cl)c1. The number of benzene rings is 3. The summed E-state index contributed by atoms with van der Waals surface area (Å²) in [6.07, 6.45) is 0.599. The maximum atomic E-state index is 12.4. The molecule has 0 radical (unpaired) electrons. The molecule has 3 aromatic carbocycles. The Kier molecular flexibility index (Phi) is 6.75. The Morgan fingerprint density at radius 1 is 0.968 bits per heavy atom. The van der Waals surface area contributed by atoms with Crippen LogP contribution in [0.2, 0.25) is 10.0 Å². The summed E-state index contributed by atoms with van der Waals surface area (Å²) in [7, 11) is 0. The molecular weight excluding hydrogens is 433 g/mol. The number of hydrogen-bond donors (Lipinski definition) is 1. The quantitative estimate of drug-likeness (QED) is 0.388. The molecule has 31 heavy (non-hydrogen) atoms. The fourth-order valence-electron chi connectivity index (χ4n) is 3.37. The Morgan fingerprint density at radius 2 is 1.77 bits per heavy atom. The monoisotopic (exact) mass is 453 g/mol. The molecule has 4 rings (SSSR count). The number of fused-ring (bicyclic) bond motifs is 1. The lowest BCUT2D eigenvalue weighted by Gasteiger charge is -2.11. The van der Waals surface area contributed by atoms with E-state index in [9.17, 15) is 4.79 Å². The first-order chi connectivity index (χ1) is 15.1. The van der Waals surface area contributed by atoms with E-state index >= 15 is 0 Å². The van der Waals surface area contributed by atoms with Gasteiger partial charge in [0.1, 0.15) is 18.2 Å². The van der Waals surface area contributed by atoms with Crippen molar-refractivity contribution in [1.29, 1.82) is 0 Å². The number of imidazole rings is 1. The van der Waals surface area contributed by atoms with E-state index in [0.29, 0.717) is 41.7 Å². The van der Waals surface area contributed by atoms with E-state index in [4.69, 9.17) is 32.9 Å². The molecule has 1 aromatic heterocycles. The van der Waals surface area contributed by atoms with Gasteiger partial charge in [0.25, 0.3) is 5.91 Å². The van der Waals surface area contributed by atoms with Crippen LogP contribution in [0.4, 0.5) is 0 Å². The van der Waals surface area contributed by atoms with E-state index in [1.54, 1.807) is 36.4 Å². The number of nitrogens with zero attached hydrogens (tertiary/aromatic N) is 2. The largest absolute Gasteiger partial charge is 0.492 e. The van der Waals surface area contributed by atoms with Gasteiger partial charge in [-0.3, -0.25) is 4.79 Å². The molecule has 0 saturated carbocycles. The van der Waals surface area contributed by atoms with Crippen molar-refractivity contribution in [2.75, 3.05) is 13.2 Å². The van der Waals surface area contributed by atoms with Crippen molar-refractivity contribution in [2.24, 2.45) is 0 Å². The average Bonchev–Trinajstić information content (AvgIpc) is 3.12. The number of hydrogen-bond acceptors (Lipinski definition) is 3. The summed E-state index contributed by atoms with van der Waals surface area (Å²) in [5.74, 6) is 1.51. The fourth-order valence-corrected chi connectivity index (χ4v) is 3.69. The lowest BCUT2D eigenvalue weighted by Crippen LogP contribution is -2.26. The minimum atomic E-state index is -0.156. The number of amides is 1. The van der Waals surface area contributed by atoms with Gasteiger partial charge in [-0.25, -0.2) is 4.98 Å². The summed E-state index contributed by atoms with van der Waals surface area (Å²) >= 11 is 11.9. The predicted octanol–water partition coefficient (Wildman–Crippen LogP) is 5.39. The molecule has 0 bridgehead atoms.